The van der Waals surface area contributed by atoms with Gasteiger partial charge in [-0.2, -0.15) is 0 Å². The summed E-state index contributed by atoms with van der Waals surface area (Å²) >= 11 is 1.67. The molecule has 1 aromatic rings. The van der Waals surface area contributed by atoms with Gasteiger partial charge < -0.3 is 16.0 Å². The smallest absolute Gasteiger partial charge is 0.255 e. The minimum absolute atomic E-state index is 0.0428. The number of nitrogens with zero attached hydrogens (tertiary/aromatic N) is 1. The van der Waals surface area contributed by atoms with Crippen molar-refractivity contribution >= 4 is 29.0 Å². The van der Waals surface area contributed by atoms with E-state index in [1.807, 2.05) is 0 Å². The number of hydrogen-bond acceptors (Lipinski definition) is 4. The van der Waals surface area contributed by atoms with E-state index >= 15 is 0 Å². The number of nitrogens with one attached hydrogen (secondary N) is 1. The highest BCUT2D eigenvalue weighted by Crippen LogP contribution is 2.20. The number of hydrogen-bond donors (Lipinski definition) is 2. The Morgan fingerprint density at radius 2 is 2.26 bits per heavy atom. The van der Waals surface area contributed by atoms with Gasteiger partial charge in [-0.05, 0) is 18.2 Å². The van der Waals surface area contributed by atoms with E-state index < -0.39 is 0 Å². The molecular formula is C14H19N3OS. The molecule has 0 saturated heterocycles. The average molecular weight is 277 g/mol. The second-order valence-electron chi connectivity index (χ2n) is 4.19. The maximum atomic E-state index is 12.0. The molecule has 0 heterocycles. The number of nitrogens with two attached hydrogens (primary N) is 1. The fourth-order valence-electron chi connectivity index (χ4n) is 1.52. The third-order valence-electron chi connectivity index (χ3n) is 2.43. The quantitative estimate of drug-likeness (QED) is 0.472. The van der Waals surface area contributed by atoms with Gasteiger partial charge in [0.15, 0.2) is 0 Å². The number of carbonyl (C=O) groups excluding carboxylic acids is 1. The summed E-state index contributed by atoms with van der Waals surface area (Å²) in [6, 6.07) is 5.26. The summed E-state index contributed by atoms with van der Waals surface area (Å²) < 4.78 is 0. The second kappa shape index (κ2) is 7.59. The molecule has 1 amide bonds. The van der Waals surface area contributed by atoms with Crippen molar-refractivity contribution in [1.29, 1.82) is 0 Å². The Balaban J connectivity index is 2.72. The molecular weight excluding hydrogens is 258 g/mol. The minimum atomic E-state index is -0.0428. The van der Waals surface area contributed by atoms with Crippen LogP contribution in [0.3, 0.4) is 0 Å². The Morgan fingerprint density at radius 1 is 1.53 bits per heavy atom. The molecule has 0 bridgehead atoms. The van der Waals surface area contributed by atoms with Crippen molar-refractivity contribution in [2.75, 3.05) is 43.2 Å². The summed E-state index contributed by atoms with van der Waals surface area (Å²) in [5.74, 6) is 4.11. The number of nitrogen functional groups attached to an aromatic ring is 1. The number of rotatable bonds is 6. The summed E-state index contributed by atoms with van der Waals surface area (Å²) in [7, 11) is 3.45. The first-order valence-corrected chi connectivity index (χ1v) is 7.08. The van der Waals surface area contributed by atoms with Crippen LogP contribution in [0.25, 0.3) is 0 Å². The number of terminal acetylenes is 1. The van der Waals surface area contributed by atoms with E-state index in [2.05, 4.69) is 11.2 Å². The highest BCUT2D eigenvalue weighted by atomic mass is 32.2. The zero-order valence-corrected chi connectivity index (χ0v) is 12.1. The van der Waals surface area contributed by atoms with E-state index in [4.69, 9.17) is 12.2 Å². The van der Waals surface area contributed by atoms with Gasteiger partial charge in [0.2, 0.25) is 0 Å². The highest BCUT2D eigenvalue weighted by molar-refractivity contribution is 7.99. The van der Waals surface area contributed by atoms with E-state index in [1.54, 1.807) is 49.0 Å². The SMILES string of the molecule is C#CCSCCNc1cc(N)ccc1C(=O)N(C)C. The summed E-state index contributed by atoms with van der Waals surface area (Å²) in [6.07, 6.45) is 5.18. The molecule has 0 spiro atoms. The van der Waals surface area contributed by atoms with Crippen molar-refractivity contribution in [3.05, 3.63) is 23.8 Å². The molecule has 19 heavy (non-hydrogen) atoms. The minimum Gasteiger partial charge on any atom is -0.399 e. The molecule has 4 nitrogen and oxygen atoms in total. The van der Waals surface area contributed by atoms with Crippen LogP contribution in [0.1, 0.15) is 10.4 Å². The van der Waals surface area contributed by atoms with Gasteiger partial charge in [0, 0.05) is 37.8 Å². The normalized spacial score (nSPS) is 9.74. The van der Waals surface area contributed by atoms with Gasteiger partial charge in [-0.3, -0.25) is 4.79 Å². The van der Waals surface area contributed by atoms with Crippen molar-refractivity contribution in [2.24, 2.45) is 0 Å². The molecule has 0 aromatic heterocycles. The Hall–Kier alpha value is -1.80. The zero-order valence-electron chi connectivity index (χ0n) is 11.3. The molecule has 0 aliphatic heterocycles. The van der Waals surface area contributed by atoms with E-state index in [9.17, 15) is 4.79 Å². The maximum absolute atomic E-state index is 12.0. The van der Waals surface area contributed by atoms with Crippen molar-refractivity contribution in [3.8, 4) is 12.3 Å². The molecule has 102 valence electrons. The number of anilines is 2. The Morgan fingerprint density at radius 3 is 2.89 bits per heavy atom. The molecule has 0 aliphatic rings. The molecule has 0 saturated carbocycles. The monoisotopic (exact) mass is 277 g/mol. The number of amides is 1. The lowest BCUT2D eigenvalue weighted by molar-refractivity contribution is 0.0828. The van der Waals surface area contributed by atoms with Crippen LogP contribution in [0.4, 0.5) is 11.4 Å². The lowest BCUT2D eigenvalue weighted by atomic mass is 10.1. The van der Waals surface area contributed by atoms with Gasteiger partial charge >= 0.3 is 0 Å². The largest absolute Gasteiger partial charge is 0.399 e. The van der Waals surface area contributed by atoms with Crippen LogP contribution in [0.5, 0.6) is 0 Å². The molecule has 0 unspecified atom stereocenters. The van der Waals surface area contributed by atoms with E-state index in [1.165, 1.54) is 0 Å². The second-order valence-corrected chi connectivity index (χ2v) is 5.29. The molecule has 0 radical (unpaired) electrons. The molecule has 0 fully saturated rings. The third-order valence-corrected chi connectivity index (χ3v) is 3.29. The summed E-state index contributed by atoms with van der Waals surface area (Å²) in [4.78, 5) is 13.6. The average Bonchev–Trinajstić information content (AvgIpc) is 2.38. The maximum Gasteiger partial charge on any atom is 0.255 e. The molecule has 5 heteroatoms. The lowest BCUT2D eigenvalue weighted by Crippen LogP contribution is -2.23. The zero-order chi connectivity index (χ0) is 14.3. The molecule has 0 atom stereocenters. The van der Waals surface area contributed by atoms with Gasteiger partial charge in [0.05, 0.1) is 11.3 Å². The highest BCUT2D eigenvalue weighted by Gasteiger charge is 2.13. The first-order valence-electron chi connectivity index (χ1n) is 5.92. The van der Waals surface area contributed by atoms with Crippen molar-refractivity contribution in [2.45, 2.75) is 0 Å². The Labute approximate surface area is 118 Å². The summed E-state index contributed by atoms with van der Waals surface area (Å²) in [5, 5.41) is 3.23. The van der Waals surface area contributed by atoms with Crippen LogP contribution in [0, 0.1) is 12.3 Å². The fraction of sp³-hybridized carbons (Fsp3) is 0.357. The van der Waals surface area contributed by atoms with Gasteiger partial charge in [0.25, 0.3) is 5.91 Å². The predicted molar refractivity (Wildman–Crippen MR) is 83.5 cm³/mol. The van der Waals surface area contributed by atoms with E-state index in [-0.39, 0.29) is 5.91 Å². The summed E-state index contributed by atoms with van der Waals surface area (Å²) in [5.41, 5.74) is 7.78. The van der Waals surface area contributed by atoms with Crippen LogP contribution in [0.2, 0.25) is 0 Å². The fourth-order valence-corrected chi connectivity index (χ4v) is 2.03. The molecule has 1 rings (SSSR count). The van der Waals surface area contributed by atoms with Crippen LogP contribution in [0.15, 0.2) is 18.2 Å². The first kappa shape index (κ1) is 15.3. The van der Waals surface area contributed by atoms with Crippen LogP contribution in [-0.2, 0) is 0 Å². The van der Waals surface area contributed by atoms with Crippen molar-refractivity contribution in [3.63, 3.8) is 0 Å². The molecule has 0 aliphatic carbocycles. The topological polar surface area (TPSA) is 58.4 Å². The Kier molecular flexibility index (Phi) is 6.10. The van der Waals surface area contributed by atoms with Crippen LogP contribution in [-0.4, -0.2) is 43.0 Å². The standard InChI is InChI=1S/C14H19N3OS/c1-4-8-19-9-7-16-13-10-11(15)5-6-12(13)14(18)17(2)3/h1,5-6,10,16H,7-9,15H2,2-3H3. The van der Waals surface area contributed by atoms with E-state index in [0.717, 1.165) is 18.0 Å². The number of carbonyl (C=O) groups is 1. The predicted octanol–water partition coefficient (Wildman–Crippen LogP) is 1.75. The van der Waals surface area contributed by atoms with Gasteiger partial charge in [-0.1, -0.05) is 5.92 Å². The lowest BCUT2D eigenvalue weighted by Gasteiger charge is -2.15. The Bertz CT molecular complexity index is 480. The van der Waals surface area contributed by atoms with E-state index in [0.29, 0.717) is 17.0 Å². The van der Waals surface area contributed by atoms with Crippen molar-refractivity contribution < 1.29 is 4.79 Å². The van der Waals surface area contributed by atoms with Gasteiger partial charge in [-0.15, -0.1) is 18.2 Å². The van der Waals surface area contributed by atoms with Crippen LogP contribution >= 0.6 is 11.8 Å². The number of thioether (sulfide) groups is 1. The number of benzene rings is 1. The van der Waals surface area contributed by atoms with Gasteiger partial charge in [0.1, 0.15) is 0 Å². The van der Waals surface area contributed by atoms with Crippen molar-refractivity contribution in [1.82, 2.24) is 4.90 Å². The summed E-state index contributed by atoms with van der Waals surface area (Å²) in [6.45, 7) is 0.740. The van der Waals surface area contributed by atoms with Gasteiger partial charge in [-0.25, -0.2) is 0 Å². The first-order chi connectivity index (χ1) is 9.06. The molecule has 1 aromatic carbocycles. The van der Waals surface area contributed by atoms with Crippen LogP contribution < -0.4 is 11.1 Å². The molecule has 3 N–H and O–H groups in total. The third kappa shape index (κ3) is 4.76.